The summed E-state index contributed by atoms with van der Waals surface area (Å²) in [6, 6.07) is 0.976. The van der Waals surface area contributed by atoms with Gasteiger partial charge in [-0.05, 0) is 30.7 Å². The van der Waals surface area contributed by atoms with Gasteiger partial charge in [-0.2, -0.15) is 13.2 Å². The molecule has 0 saturated carbocycles. The third kappa shape index (κ3) is 2.76. The third-order valence-electron chi connectivity index (χ3n) is 3.59. The molecule has 2 aromatic heterocycles. The molecule has 0 spiro atoms. The van der Waals surface area contributed by atoms with Crippen LogP contribution in [0, 0.1) is 0 Å². The summed E-state index contributed by atoms with van der Waals surface area (Å²) >= 11 is 4.93. The van der Waals surface area contributed by atoms with Crippen molar-refractivity contribution < 1.29 is 13.2 Å². The number of hydrogen-bond donors (Lipinski definition) is 1. The van der Waals surface area contributed by atoms with E-state index in [4.69, 9.17) is 0 Å². The van der Waals surface area contributed by atoms with Gasteiger partial charge in [0.15, 0.2) is 4.87 Å². The molecule has 3 heterocycles. The van der Waals surface area contributed by atoms with Crippen molar-refractivity contribution in [1.82, 2.24) is 19.9 Å². The van der Waals surface area contributed by atoms with Gasteiger partial charge in [-0.1, -0.05) is 15.9 Å². The first-order chi connectivity index (χ1) is 10.8. The van der Waals surface area contributed by atoms with Crippen molar-refractivity contribution in [3.8, 4) is 0 Å². The fraction of sp³-hybridized carbons (Fsp3) is 0.286. The van der Waals surface area contributed by atoms with E-state index in [1.54, 1.807) is 17.8 Å². The number of aryl methyl sites for hydroxylation is 1. The van der Waals surface area contributed by atoms with E-state index in [-0.39, 0.29) is 5.52 Å². The van der Waals surface area contributed by atoms with E-state index < -0.39 is 16.7 Å². The number of halogens is 4. The minimum atomic E-state index is -4.49. The number of dihydropyridines is 1. The zero-order chi connectivity index (χ0) is 16.8. The van der Waals surface area contributed by atoms with Crippen molar-refractivity contribution in [3.63, 3.8) is 0 Å². The number of allylic oxidation sites excluding steroid dienone is 2. The third-order valence-corrected chi connectivity index (χ3v) is 5.15. The van der Waals surface area contributed by atoms with Crippen LogP contribution in [0.5, 0.6) is 0 Å². The number of pyridine rings is 1. The Hall–Kier alpha value is -1.48. The maximum atomic E-state index is 12.8. The molecule has 0 aromatic carbocycles. The number of thioether (sulfide) groups is 1. The highest BCUT2D eigenvalue weighted by atomic mass is 79.9. The number of nitrogens with zero attached hydrogens (tertiary/aromatic N) is 3. The van der Waals surface area contributed by atoms with E-state index in [1.807, 2.05) is 18.4 Å². The van der Waals surface area contributed by atoms with Gasteiger partial charge in [-0.15, -0.1) is 11.8 Å². The molecule has 0 bridgehead atoms. The quantitative estimate of drug-likeness (QED) is 0.823. The molecule has 23 heavy (non-hydrogen) atoms. The first-order valence-corrected chi connectivity index (χ1v) is 8.56. The molecule has 0 amide bonds. The molecule has 2 aromatic rings. The van der Waals surface area contributed by atoms with Crippen molar-refractivity contribution in [2.45, 2.75) is 11.0 Å². The molecule has 122 valence electrons. The molecule has 0 radical (unpaired) electrons. The summed E-state index contributed by atoms with van der Waals surface area (Å²) in [6.07, 6.45) is 4.18. The number of rotatable bonds is 2. The van der Waals surface area contributed by atoms with Crippen LogP contribution in [0.2, 0.25) is 0 Å². The summed E-state index contributed by atoms with van der Waals surface area (Å²) in [5, 5.41) is 3.23. The van der Waals surface area contributed by atoms with E-state index in [0.717, 1.165) is 10.5 Å². The summed E-state index contributed by atoms with van der Waals surface area (Å²) in [7, 11) is 1.76. The summed E-state index contributed by atoms with van der Waals surface area (Å²) < 4.78 is 41.1. The van der Waals surface area contributed by atoms with Crippen LogP contribution in [-0.2, 0) is 18.1 Å². The Morgan fingerprint density at radius 2 is 2.13 bits per heavy atom. The summed E-state index contributed by atoms with van der Waals surface area (Å²) in [4.78, 5) is 7.27. The van der Waals surface area contributed by atoms with Crippen molar-refractivity contribution in [1.29, 1.82) is 0 Å². The second-order valence-electron chi connectivity index (χ2n) is 5.00. The number of aromatic nitrogens is 3. The van der Waals surface area contributed by atoms with E-state index in [9.17, 15) is 13.2 Å². The van der Waals surface area contributed by atoms with Crippen LogP contribution in [0.4, 0.5) is 13.2 Å². The minimum Gasteiger partial charge on any atom is -0.367 e. The number of nitrogens with one attached hydrogen (secondary N) is 1. The first kappa shape index (κ1) is 16.4. The fourth-order valence-electron chi connectivity index (χ4n) is 2.44. The van der Waals surface area contributed by atoms with Crippen LogP contribution in [0.25, 0.3) is 11.0 Å². The largest absolute Gasteiger partial charge is 0.433 e. The molecule has 0 fully saturated rings. The van der Waals surface area contributed by atoms with Gasteiger partial charge < -0.3 is 9.88 Å². The fourth-order valence-corrected chi connectivity index (χ4v) is 3.87. The van der Waals surface area contributed by atoms with Gasteiger partial charge in [-0.25, -0.2) is 9.97 Å². The zero-order valence-electron chi connectivity index (χ0n) is 12.1. The first-order valence-electron chi connectivity index (χ1n) is 6.55. The second-order valence-corrected chi connectivity index (χ2v) is 6.96. The van der Waals surface area contributed by atoms with E-state index >= 15 is 0 Å². The van der Waals surface area contributed by atoms with Crippen molar-refractivity contribution in [2.75, 3.05) is 6.26 Å². The molecule has 4 nitrogen and oxygen atoms in total. The summed E-state index contributed by atoms with van der Waals surface area (Å²) in [5.41, 5.74) is -0.137. The SMILES string of the molecule is CSC1(c2nc3cc(C(F)(F)F)ncc3n2C)C=C(Br)C=CN1. The van der Waals surface area contributed by atoms with Crippen LogP contribution in [0.3, 0.4) is 0 Å². The molecule has 1 aliphatic rings. The molecule has 1 N–H and O–H groups in total. The Balaban J connectivity index is 2.19. The van der Waals surface area contributed by atoms with Gasteiger partial charge in [0.25, 0.3) is 0 Å². The molecule has 9 heteroatoms. The summed E-state index contributed by atoms with van der Waals surface area (Å²) in [6.45, 7) is 0. The lowest BCUT2D eigenvalue weighted by Gasteiger charge is -2.31. The van der Waals surface area contributed by atoms with Crippen LogP contribution in [-0.4, -0.2) is 20.8 Å². The Morgan fingerprint density at radius 1 is 1.39 bits per heavy atom. The van der Waals surface area contributed by atoms with Crippen LogP contribution in [0.1, 0.15) is 11.5 Å². The number of alkyl halides is 3. The van der Waals surface area contributed by atoms with Crippen LogP contribution in [0.15, 0.2) is 35.1 Å². The number of fused-ring (bicyclic) bond motifs is 1. The maximum absolute atomic E-state index is 12.8. The Morgan fingerprint density at radius 3 is 2.74 bits per heavy atom. The molecular weight excluding hydrogens is 393 g/mol. The van der Waals surface area contributed by atoms with Gasteiger partial charge >= 0.3 is 6.18 Å². The van der Waals surface area contributed by atoms with Crippen molar-refractivity contribution in [2.24, 2.45) is 7.05 Å². The van der Waals surface area contributed by atoms with Gasteiger partial charge in [0.2, 0.25) is 0 Å². The summed E-state index contributed by atoms with van der Waals surface area (Å²) in [5.74, 6) is 0.599. The van der Waals surface area contributed by atoms with E-state index in [0.29, 0.717) is 11.3 Å². The highest BCUT2D eigenvalue weighted by molar-refractivity contribution is 9.11. The average Bonchev–Trinajstić information content (AvgIpc) is 2.83. The lowest BCUT2D eigenvalue weighted by atomic mass is 10.2. The molecule has 0 aliphatic carbocycles. The molecule has 1 unspecified atom stereocenters. The molecule has 1 atom stereocenters. The smallest absolute Gasteiger partial charge is 0.367 e. The highest BCUT2D eigenvalue weighted by Crippen LogP contribution is 2.38. The van der Waals surface area contributed by atoms with Gasteiger partial charge in [0.05, 0.1) is 17.2 Å². The zero-order valence-corrected chi connectivity index (χ0v) is 14.6. The molecule has 3 rings (SSSR count). The van der Waals surface area contributed by atoms with E-state index in [1.165, 1.54) is 18.0 Å². The van der Waals surface area contributed by atoms with Crippen molar-refractivity contribution >= 4 is 38.7 Å². The van der Waals surface area contributed by atoms with Gasteiger partial charge in [0, 0.05) is 11.5 Å². The number of imidazole rings is 1. The van der Waals surface area contributed by atoms with Crippen LogP contribution >= 0.6 is 27.7 Å². The predicted octanol–water partition coefficient (Wildman–Crippen LogP) is 3.90. The lowest BCUT2D eigenvalue weighted by molar-refractivity contribution is -0.141. The maximum Gasteiger partial charge on any atom is 0.433 e. The second kappa shape index (κ2) is 5.55. The van der Waals surface area contributed by atoms with Gasteiger partial charge in [0.1, 0.15) is 11.5 Å². The minimum absolute atomic E-state index is 0.263. The average molecular weight is 405 g/mol. The topological polar surface area (TPSA) is 42.7 Å². The Labute approximate surface area is 143 Å². The standard InChI is InChI=1S/C14H12BrF3N4S/c1-22-10-7-19-11(14(16,17)18)5-9(10)21-12(22)13(23-2)6-8(15)3-4-20-13/h3-7,20H,1-2H3. The highest BCUT2D eigenvalue weighted by Gasteiger charge is 2.36. The van der Waals surface area contributed by atoms with E-state index in [2.05, 4.69) is 31.2 Å². The molecular formula is C14H12BrF3N4S. The van der Waals surface area contributed by atoms with Gasteiger partial charge in [-0.3, -0.25) is 0 Å². The molecule has 0 saturated heterocycles. The van der Waals surface area contributed by atoms with Crippen molar-refractivity contribution in [3.05, 3.63) is 46.6 Å². The predicted molar refractivity (Wildman–Crippen MR) is 88.0 cm³/mol. The normalized spacial score (nSPS) is 21.4. The Bertz CT molecular complexity index is 827. The number of hydrogen-bond acceptors (Lipinski definition) is 4. The van der Waals surface area contributed by atoms with Crippen LogP contribution < -0.4 is 5.32 Å². The Kier molecular flexibility index (Phi) is 3.96. The monoisotopic (exact) mass is 404 g/mol. The molecule has 1 aliphatic heterocycles. The lowest BCUT2D eigenvalue weighted by Crippen LogP contribution is -2.38.